The molecule has 0 saturated carbocycles. The molecule has 0 aliphatic heterocycles. The first-order valence-electron chi connectivity index (χ1n) is 5.21. The summed E-state index contributed by atoms with van der Waals surface area (Å²) in [5.74, 6) is -1.19. The number of carboxylic acid groups (broad SMARTS) is 1. The summed E-state index contributed by atoms with van der Waals surface area (Å²) in [4.78, 5) is 11.0. The van der Waals surface area contributed by atoms with Gasteiger partial charge in [-0.2, -0.15) is 0 Å². The quantitative estimate of drug-likeness (QED) is 0.818. The molecule has 92 valence electrons. The van der Waals surface area contributed by atoms with E-state index in [1.807, 2.05) is 0 Å². The number of carbonyl (C=O) groups is 1. The Morgan fingerprint density at radius 1 is 1.29 bits per heavy atom. The molecule has 0 saturated heterocycles. The molecule has 0 radical (unpaired) electrons. The van der Waals surface area contributed by atoms with Crippen LogP contribution in [0.4, 0.5) is 0 Å². The molecule has 0 amide bonds. The molecule has 5 heteroatoms. The number of rotatable bonds is 5. The molecule has 0 fully saturated rings. The minimum Gasteiger partial charge on any atom is -0.478 e. The van der Waals surface area contributed by atoms with Crippen LogP contribution in [0.5, 0.6) is 0 Å². The van der Waals surface area contributed by atoms with Gasteiger partial charge in [0.2, 0.25) is 0 Å². The highest BCUT2D eigenvalue weighted by Crippen LogP contribution is 2.15. The van der Waals surface area contributed by atoms with Crippen LogP contribution in [0.15, 0.2) is 46.2 Å². The molecule has 0 spiro atoms. The average Bonchev–Trinajstić information content (AvgIpc) is 2.29. The molecule has 1 N–H and O–H groups in total. The highest BCUT2D eigenvalue weighted by atomic mass is 32.2. The van der Waals surface area contributed by atoms with Gasteiger partial charge >= 0.3 is 5.97 Å². The molecule has 0 aliphatic rings. The third kappa shape index (κ3) is 3.71. The molecule has 0 bridgehead atoms. The Kier molecular flexibility index (Phi) is 4.45. The molecule has 0 aromatic heterocycles. The largest absolute Gasteiger partial charge is 0.478 e. The van der Waals surface area contributed by atoms with Gasteiger partial charge < -0.3 is 5.11 Å². The van der Waals surface area contributed by atoms with E-state index in [0.717, 1.165) is 5.41 Å². The predicted octanol–water partition coefficient (Wildman–Crippen LogP) is 2.23. The number of carboxylic acids is 1. The molecule has 0 unspecified atom stereocenters. The van der Waals surface area contributed by atoms with E-state index in [-0.39, 0.29) is 16.9 Å². The number of aliphatic carboxylic acids is 1. The van der Waals surface area contributed by atoms with Gasteiger partial charge in [-0.15, -0.1) is 0 Å². The second kappa shape index (κ2) is 5.63. The zero-order valence-electron chi connectivity index (χ0n) is 9.46. The van der Waals surface area contributed by atoms with Gasteiger partial charge in [0.05, 0.1) is 4.90 Å². The van der Waals surface area contributed by atoms with Crippen LogP contribution in [0, 0.1) is 0 Å². The highest BCUT2D eigenvalue weighted by molar-refractivity contribution is 7.94. The number of sulfone groups is 1. The Balaban J connectivity index is 3.15. The van der Waals surface area contributed by atoms with E-state index in [0.29, 0.717) is 6.42 Å². The minimum atomic E-state index is -3.67. The van der Waals surface area contributed by atoms with Crippen molar-refractivity contribution in [2.45, 2.75) is 24.7 Å². The fourth-order valence-corrected chi connectivity index (χ4v) is 2.62. The van der Waals surface area contributed by atoms with Crippen LogP contribution in [0.3, 0.4) is 0 Å². The van der Waals surface area contributed by atoms with Crippen LogP contribution in [-0.2, 0) is 14.6 Å². The maximum Gasteiger partial charge on any atom is 0.332 e. The van der Waals surface area contributed by atoms with Gasteiger partial charge in [0.1, 0.15) is 0 Å². The molecular weight excluding hydrogens is 240 g/mol. The summed E-state index contributed by atoms with van der Waals surface area (Å²) in [5, 5.41) is 9.72. The lowest BCUT2D eigenvalue weighted by Crippen LogP contribution is -2.05. The third-order valence-corrected chi connectivity index (χ3v) is 3.69. The molecule has 17 heavy (non-hydrogen) atoms. The third-order valence-electron chi connectivity index (χ3n) is 2.16. The lowest BCUT2D eigenvalue weighted by Gasteiger charge is -2.02. The van der Waals surface area contributed by atoms with Crippen LogP contribution in [0.2, 0.25) is 0 Å². The van der Waals surface area contributed by atoms with Crippen LogP contribution in [-0.4, -0.2) is 19.5 Å². The van der Waals surface area contributed by atoms with Crippen LogP contribution in [0.25, 0.3) is 0 Å². The van der Waals surface area contributed by atoms with E-state index in [1.54, 1.807) is 25.1 Å². The molecule has 1 aromatic rings. The van der Waals surface area contributed by atoms with E-state index < -0.39 is 15.8 Å². The summed E-state index contributed by atoms with van der Waals surface area (Å²) >= 11 is 0. The summed E-state index contributed by atoms with van der Waals surface area (Å²) in [6.45, 7) is 1.80. The van der Waals surface area contributed by atoms with Crippen LogP contribution in [0.1, 0.15) is 19.8 Å². The average molecular weight is 254 g/mol. The number of benzene rings is 1. The SMILES string of the molecule is CCCC(=CS(=O)(=O)c1ccccc1)C(=O)O. The minimum absolute atomic E-state index is 0.0867. The predicted molar refractivity (Wildman–Crippen MR) is 64.3 cm³/mol. The van der Waals surface area contributed by atoms with Crippen molar-refractivity contribution in [2.24, 2.45) is 0 Å². The van der Waals surface area contributed by atoms with Crippen molar-refractivity contribution in [3.05, 3.63) is 41.3 Å². The molecule has 0 heterocycles. The second-order valence-corrected chi connectivity index (χ2v) is 5.35. The standard InChI is InChI=1S/C12H14O4S/c1-2-6-10(12(13)14)9-17(15,16)11-7-4-3-5-8-11/h3-5,7-9H,2,6H2,1H3,(H,13,14). The zero-order valence-corrected chi connectivity index (χ0v) is 10.3. The Bertz CT molecular complexity index is 515. The topological polar surface area (TPSA) is 71.4 Å². The van der Waals surface area contributed by atoms with Gasteiger partial charge in [-0.25, -0.2) is 13.2 Å². The Morgan fingerprint density at radius 2 is 1.88 bits per heavy atom. The van der Waals surface area contributed by atoms with E-state index >= 15 is 0 Å². The zero-order chi connectivity index (χ0) is 12.9. The van der Waals surface area contributed by atoms with Crippen molar-refractivity contribution >= 4 is 15.8 Å². The smallest absolute Gasteiger partial charge is 0.332 e. The van der Waals surface area contributed by atoms with Crippen molar-refractivity contribution in [2.75, 3.05) is 0 Å². The van der Waals surface area contributed by atoms with Crippen molar-refractivity contribution in [3.8, 4) is 0 Å². The molecular formula is C12H14O4S. The number of hydrogen-bond acceptors (Lipinski definition) is 3. The maximum absolute atomic E-state index is 11.9. The lowest BCUT2D eigenvalue weighted by atomic mass is 10.2. The monoisotopic (exact) mass is 254 g/mol. The number of hydrogen-bond donors (Lipinski definition) is 1. The summed E-state index contributed by atoms with van der Waals surface area (Å²) in [5.41, 5.74) is -0.0867. The van der Waals surface area contributed by atoms with Gasteiger partial charge in [0, 0.05) is 11.0 Å². The Morgan fingerprint density at radius 3 is 2.35 bits per heavy atom. The Labute approximate surface area is 101 Å². The molecule has 1 rings (SSSR count). The van der Waals surface area contributed by atoms with Crippen LogP contribution < -0.4 is 0 Å². The maximum atomic E-state index is 11.9. The van der Waals surface area contributed by atoms with Crippen molar-refractivity contribution in [1.29, 1.82) is 0 Å². The van der Waals surface area contributed by atoms with Crippen molar-refractivity contribution < 1.29 is 18.3 Å². The van der Waals surface area contributed by atoms with E-state index in [2.05, 4.69) is 0 Å². The first-order valence-corrected chi connectivity index (χ1v) is 6.76. The first-order chi connectivity index (χ1) is 7.97. The molecule has 0 atom stereocenters. The Hall–Kier alpha value is -1.62. The molecule has 4 nitrogen and oxygen atoms in total. The summed E-state index contributed by atoms with van der Waals surface area (Å²) in [7, 11) is -3.67. The van der Waals surface area contributed by atoms with E-state index in [4.69, 9.17) is 5.11 Å². The van der Waals surface area contributed by atoms with Crippen molar-refractivity contribution in [1.82, 2.24) is 0 Å². The normalized spacial score (nSPS) is 12.4. The van der Waals surface area contributed by atoms with E-state index in [9.17, 15) is 13.2 Å². The van der Waals surface area contributed by atoms with Gasteiger partial charge in [-0.3, -0.25) is 0 Å². The van der Waals surface area contributed by atoms with Crippen molar-refractivity contribution in [3.63, 3.8) is 0 Å². The van der Waals surface area contributed by atoms with Gasteiger partial charge in [-0.1, -0.05) is 31.5 Å². The first kappa shape index (κ1) is 13.4. The fourth-order valence-electron chi connectivity index (χ4n) is 1.35. The molecule has 0 aliphatic carbocycles. The van der Waals surface area contributed by atoms with E-state index in [1.165, 1.54) is 12.1 Å². The van der Waals surface area contributed by atoms with Gasteiger partial charge in [-0.05, 0) is 18.6 Å². The lowest BCUT2D eigenvalue weighted by molar-refractivity contribution is -0.132. The molecule has 1 aromatic carbocycles. The highest BCUT2D eigenvalue weighted by Gasteiger charge is 2.15. The summed E-state index contributed by atoms with van der Waals surface area (Å²) in [6.07, 6.45) is 0.823. The van der Waals surface area contributed by atoms with Gasteiger partial charge in [0.15, 0.2) is 9.84 Å². The summed E-state index contributed by atoms with van der Waals surface area (Å²) in [6, 6.07) is 7.78. The van der Waals surface area contributed by atoms with Crippen LogP contribution >= 0.6 is 0 Å². The van der Waals surface area contributed by atoms with Gasteiger partial charge in [0.25, 0.3) is 0 Å². The summed E-state index contributed by atoms with van der Waals surface area (Å²) < 4.78 is 23.8. The fraction of sp³-hybridized carbons (Fsp3) is 0.250. The second-order valence-electron chi connectivity index (χ2n) is 3.56.